The third kappa shape index (κ3) is 7.34. The van der Waals surface area contributed by atoms with E-state index >= 15 is 0 Å². The lowest BCUT2D eigenvalue weighted by atomic mass is 10.2. The number of hydrogen-bond donors (Lipinski definition) is 2. The van der Waals surface area contributed by atoms with Crippen LogP contribution in [-0.4, -0.2) is 11.7 Å². The molecule has 6 heteroatoms. The molecule has 0 bridgehead atoms. The molecule has 0 aliphatic rings. The molecule has 4 nitrogen and oxygen atoms in total. The van der Waals surface area contributed by atoms with Crippen molar-refractivity contribution in [3.8, 4) is 0 Å². The van der Waals surface area contributed by atoms with E-state index in [9.17, 15) is 4.79 Å². The molecule has 2 rings (SSSR count). The van der Waals surface area contributed by atoms with Gasteiger partial charge in [0.1, 0.15) is 5.60 Å². The summed E-state index contributed by atoms with van der Waals surface area (Å²) in [5, 5.41) is 7.30. The van der Waals surface area contributed by atoms with Crippen molar-refractivity contribution in [2.24, 2.45) is 0 Å². The molecule has 0 aliphatic heterocycles. The SMILES string of the molecule is CC(C)(C)OC(=O)Nc1ccc(CNCc2cc(Cl)cc(Cl)c2)cc1. The van der Waals surface area contributed by atoms with Crippen LogP contribution in [0.1, 0.15) is 31.9 Å². The fraction of sp³-hybridized carbons (Fsp3) is 0.316. The van der Waals surface area contributed by atoms with Gasteiger partial charge in [0, 0.05) is 28.8 Å². The molecule has 0 aromatic heterocycles. The summed E-state index contributed by atoms with van der Waals surface area (Å²) in [5.41, 5.74) is 2.31. The predicted octanol–water partition coefficient (Wildman–Crippen LogP) is 5.63. The van der Waals surface area contributed by atoms with Gasteiger partial charge in [0.2, 0.25) is 0 Å². The minimum atomic E-state index is -0.517. The van der Waals surface area contributed by atoms with E-state index in [0.717, 1.165) is 11.1 Å². The zero-order valence-corrected chi connectivity index (χ0v) is 16.0. The Morgan fingerprint density at radius 3 is 2.08 bits per heavy atom. The topological polar surface area (TPSA) is 50.4 Å². The zero-order chi connectivity index (χ0) is 18.4. The van der Waals surface area contributed by atoms with Crippen molar-refractivity contribution in [3.63, 3.8) is 0 Å². The van der Waals surface area contributed by atoms with E-state index < -0.39 is 11.7 Å². The third-order valence-electron chi connectivity index (χ3n) is 3.18. The Balaban J connectivity index is 1.83. The monoisotopic (exact) mass is 380 g/mol. The highest BCUT2D eigenvalue weighted by atomic mass is 35.5. The molecule has 0 unspecified atom stereocenters. The van der Waals surface area contributed by atoms with Crippen LogP contribution in [0.4, 0.5) is 10.5 Å². The fourth-order valence-corrected chi connectivity index (χ4v) is 2.76. The quantitative estimate of drug-likeness (QED) is 0.706. The van der Waals surface area contributed by atoms with Crippen LogP contribution >= 0.6 is 23.2 Å². The van der Waals surface area contributed by atoms with E-state index in [0.29, 0.717) is 28.8 Å². The first-order valence-corrected chi connectivity index (χ1v) is 8.71. The predicted molar refractivity (Wildman–Crippen MR) is 103 cm³/mol. The number of carbonyl (C=O) groups is 1. The van der Waals surface area contributed by atoms with E-state index in [-0.39, 0.29) is 0 Å². The molecule has 25 heavy (non-hydrogen) atoms. The molecule has 0 aliphatic carbocycles. The maximum absolute atomic E-state index is 11.7. The first-order chi connectivity index (χ1) is 11.7. The first-order valence-electron chi connectivity index (χ1n) is 7.96. The maximum Gasteiger partial charge on any atom is 0.412 e. The Bertz CT molecular complexity index is 705. The molecule has 0 heterocycles. The normalized spacial score (nSPS) is 11.2. The van der Waals surface area contributed by atoms with Crippen molar-refractivity contribution in [1.29, 1.82) is 0 Å². The second-order valence-electron chi connectivity index (χ2n) is 6.71. The Hall–Kier alpha value is -1.75. The van der Waals surface area contributed by atoms with Gasteiger partial charge >= 0.3 is 6.09 Å². The molecule has 0 spiro atoms. The largest absolute Gasteiger partial charge is 0.444 e. The molecule has 0 atom stereocenters. The number of carbonyl (C=O) groups excluding carboxylic acids is 1. The van der Waals surface area contributed by atoms with Gasteiger partial charge in [-0.1, -0.05) is 35.3 Å². The van der Waals surface area contributed by atoms with Gasteiger partial charge in [-0.3, -0.25) is 5.32 Å². The minimum Gasteiger partial charge on any atom is -0.444 e. The second-order valence-corrected chi connectivity index (χ2v) is 7.58. The fourth-order valence-electron chi connectivity index (χ4n) is 2.19. The van der Waals surface area contributed by atoms with Gasteiger partial charge < -0.3 is 10.1 Å². The van der Waals surface area contributed by atoms with Crippen molar-refractivity contribution in [1.82, 2.24) is 5.32 Å². The molecular weight excluding hydrogens is 359 g/mol. The molecule has 134 valence electrons. The van der Waals surface area contributed by atoms with Crippen LogP contribution < -0.4 is 10.6 Å². The maximum atomic E-state index is 11.7. The highest BCUT2D eigenvalue weighted by Gasteiger charge is 2.16. The Labute approximate surface area is 158 Å². The molecule has 1 amide bonds. The number of ether oxygens (including phenoxy) is 1. The van der Waals surface area contributed by atoms with Crippen LogP contribution in [0.5, 0.6) is 0 Å². The summed E-state index contributed by atoms with van der Waals surface area (Å²) in [6, 6.07) is 13.1. The number of amides is 1. The van der Waals surface area contributed by atoms with E-state index in [4.69, 9.17) is 27.9 Å². The lowest BCUT2D eigenvalue weighted by Crippen LogP contribution is -2.27. The molecule has 2 N–H and O–H groups in total. The Morgan fingerprint density at radius 2 is 1.52 bits per heavy atom. The average Bonchev–Trinajstić information content (AvgIpc) is 2.46. The molecule has 2 aromatic carbocycles. The number of benzene rings is 2. The molecule has 2 aromatic rings. The summed E-state index contributed by atoms with van der Waals surface area (Å²) in [6.07, 6.45) is -0.462. The van der Waals surface area contributed by atoms with Crippen molar-refractivity contribution in [2.45, 2.75) is 39.5 Å². The number of halogens is 2. The highest BCUT2D eigenvalue weighted by molar-refractivity contribution is 6.34. The van der Waals surface area contributed by atoms with E-state index in [1.54, 1.807) is 6.07 Å². The van der Waals surface area contributed by atoms with Gasteiger partial charge in [-0.05, 0) is 62.2 Å². The summed E-state index contributed by atoms with van der Waals surface area (Å²) in [6.45, 7) is 6.84. The van der Waals surface area contributed by atoms with Crippen molar-refractivity contribution in [3.05, 3.63) is 63.6 Å². The van der Waals surface area contributed by atoms with Crippen LogP contribution in [0.2, 0.25) is 10.0 Å². The van der Waals surface area contributed by atoms with Gasteiger partial charge in [0.05, 0.1) is 0 Å². The molecule has 0 saturated heterocycles. The van der Waals surface area contributed by atoms with Crippen LogP contribution in [0.15, 0.2) is 42.5 Å². The van der Waals surface area contributed by atoms with Gasteiger partial charge in [-0.2, -0.15) is 0 Å². The van der Waals surface area contributed by atoms with Gasteiger partial charge in [-0.15, -0.1) is 0 Å². The van der Waals surface area contributed by atoms with Crippen LogP contribution in [0.3, 0.4) is 0 Å². The summed E-state index contributed by atoms with van der Waals surface area (Å²) < 4.78 is 5.22. The zero-order valence-electron chi connectivity index (χ0n) is 14.5. The van der Waals surface area contributed by atoms with Crippen molar-refractivity contribution < 1.29 is 9.53 Å². The Morgan fingerprint density at radius 1 is 0.960 bits per heavy atom. The van der Waals surface area contributed by atoms with Crippen molar-refractivity contribution in [2.75, 3.05) is 5.32 Å². The summed E-state index contributed by atoms with van der Waals surface area (Å²) >= 11 is 12.0. The van der Waals surface area contributed by atoms with Crippen molar-refractivity contribution >= 4 is 35.0 Å². The second kappa shape index (κ2) is 8.56. The van der Waals surface area contributed by atoms with E-state index in [1.807, 2.05) is 57.2 Å². The number of nitrogens with one attached hydrogen (secondary N) is 2. The lowest BCUT2D eigenvalue weighted by molar-refractivity contribution is 0.0636. The minimum absolute atomic E-state index is 0.462. The summed E-state index contributed by atoms with van der Waals surface area (Å²) in [5.74, 6) is 0. The van der Waals surface area contributed by atoms with Crippen LogP contribution in [0, 0.1) is 0 Å². The smallest absolute Gasteiger partial charge is 0.412 e. The first kappa shape index (κ1) is 19.6. The number of anilines is 1. The third-order valence-corrected chi connectivity index (χ3v) is 3.62. The average molecular weight is 381 g/mol. The van der Waals surface area contributed by atoms with Crippen LogP contribution in [0.25, 0.3) is 0 Å². The van der Waals surface area contributed by atoms with Gasteiger partial charge in [0.15, 0.2) is 0 Å². The van der Waals surface area contributed by atoms with E-state index in [1.165, 1.54) is 0 Å². The molecular formula is C19H22Cl2N2O2. The Kier molecular flexibility index (Phi) is 6.71. The van der Waals surface area contributed by atoms with Crippen LogP contribution in [-0.2, 0) is 17.8 Å². The molecule has 0 saturated carbocycles. The standard InChI is InChI=1S/C19H22Cl2N2O2/c1-19(2,3)25-18(24)23-17-6-4-13(5-7-17)11-22-12-14-8-15(20)10-16(21)9-14/h4-10,22H,11-12H2,1-3H3,(H,23,24). The lowest BCUT2D eigenvalue weighted by Gasteiger charge is -2.19. The highest BCUT2D eigenvalue weighted by Crippen LogP contribution is 2.19. The van der Waals surface area contributed by atoms with E-state index in [2.05, 4.69) is 10.6 Å². The molecule has 0 fully saturated rings. The number of hydrogen-bond acceptors (Lipinski definition) is 3. The summed E-state index contributed by atoms with van der Waals surface area (Å²) in [4.78, 5) is 11.7. The number of rotatable bonds is 5. The van der Waals surface area contributed by atoms with Gasteiger partial charge in [-0.25, -0.2) is 4.79 Å². The summed E-state index contributed by atoms with van der Waals surface area (Å²) in [7, 11) is 0. The molecule has 0 radical (unpaired) electrons. The van der Waals surface area contributed by atoms with Gasteiger partial charge in [0.25, 0.3) is 0 Å².